The summed E-state index contributed by atoms with van der Waals surface area (Å²) >= 11 is 0. The van der Waals surface area contributed by atoms with Gasteiger partial charge in [-0.05, 0) is 49.8 Å². The molecule has 0 saturated heterocycles. The monoisotopic (exact) mass is 216 g/mol. The van der Waals surface area contributed by atoms with Gasteiger partial charge in [0.15, 0.2) is 0 Å². The quantitative estimate of drug-likeness (QED) is 0.726. The number of hydrogen-bond acceptors (Lipinski definition) is 1. The highest BCUT2D eigenvalue weighted by Gasteiger charge is 1.99. The summed E-state index contributed by atoms with van der Waals surface area (Å²) in [7, 11) is 0. The van der Waals surface area contributed by atoms with E-state index in [0.717, 1.165) is 12.2 Å². The lowest BCUT2D eigenvalue weighted by Crippen LogP contribution is -1.91. The minimum absolute atomic E-state index is 0.254. The molecule has 1 aromatic rings. The molecule has 0 aromatic heterocycles. The molecule has 82 valence electrons. The molecule has 0 radical (unpaired) electrons. The van der Waals surface area contributed by atoms with Crippen molar-refractivity contribution in [2.75, 3.05) is 0 Å². The van der Waals surface area contributed by atoms with Gasteiger partial charge in [-0.1, -0.05) is 17.7 Å². The van der Waals surface area contributed by atoms with Gasteiger partial charge in [-0.3, -0.25) is 0 Å². The molecule has 2 heteroatoms. The lowest BCUT2D eigenvalue weighted by atomic mass is 10.2. The second kappa shape index (κ2) is 4.79. The van der Waals surface area contributed by atoms with Crippen molar-refractivity contribution in [3.05, 3.63) is 65.7 Å². The Bertz CT molecular complexity index is 452. The molecule has 0 saturated carbocycles. The molecule has 1 aromatic carbocycles. The highest BCUT2D eigenvalue weighted by atomic mass is 19.1. The van der Waals surface area contributed by atoms with Gasteiger partial charge in [0.05, 0.1) is 0 Å². The van der Waals surface area contributed by atoms with E-state index in [1.54, 1.807) is 12.1 Å². The maximum Gasteiger partial charge on any atom is 0.127 e. The van der Waals surface area contributed by atoms with Gasteiger partial charge in [-0.15, -0.1) is 0 Å². The molecule has 0 bridgehead atoms. The summed E-state index contributed by atoms with van der Waals surface area (Å²) in [6.07, 6.45) is 8.90. The molecule has 0 amide bonds. The SMILES string of the molecule is CC1=CCC=C(Oc2ccc(F)cc2)C=C1. The van der Waals surface area contributed by atoms with Crippen molar-refractivity contribution in [3.63, 3.8) is 0 Å². The van der Waals surface area contributed by atoms with Crippen LogP contribution >= 0.6 is 0 Å². The van der Waals surface area contributed by atoms with Gasteiger partial charge in [-0.2, -0.15) is 0 Å². The van der Waals surface area contributed by atoms with Crippen LogP contribution < -0.4 is 4.74 Å². The first-order valence-electron chi connectivity index (χ1n) is 5.22. The third-order valence-electron chi connectivity index (χ3n) is 2.32. The van der Waals surface area contributed by atoms with Gasteiger partial charge in [0, 0.05) is 0 Å². The molecule has 1 aliphatic carbocycles. The average Bonchev–Trinajstić information content (AvgIpc) is 2.47. The smallest absolute Gasteiger partial charge is 0.127 e. The number of ether oxygens (including phenoxy) is 1. The van der Waals surface area contributed by atoms with E-state index in [1.807, 2.05) is 25.2 Å². The Morgan fingerprint density at radius 1 is 1.06 bits per heavy atom. The van der Waals surface area contributed by atoms with Crippen molar-refractivity contribution in [1.82, 2.24) is 0 Å². The Hall–Kier alpha value is -1.83. The fourth-order valence-electron chi connectivity index (χ4n) is 1.43. The van der Waals surface area contributed by atoms with Crippen LogP contribution in [0.1, 0.15) is 13.3 Å². The van der Waals surface area contributed by atoms with E-state index in [-0.39, 0.29) is 5.82 Å². The summed E-state index contributed by atoms with van der Waals surface area (Å²) in [5.41, 5.74) is 1.22. The largest absolute Gasteiger partial charge is 0.458 e. The number of halogens is 1. The van der Waals surface area contributed by atoms with Crippen LogP contribution in [0.15, 0.2) is 59.9 Å². The van der Waals surface area contributed by atoms with Crippen molar-refractivity contribution in [2.24, 2.45) is 0 Å². The predicted octanol–water partition coefficient (Wildman–Crippen LogP) is 3.99. The first-order chi connectivity index (χ1) is 7.74. The Morgan fingerprint density at radius 3 is 2.56 bits per heavy atom. The van der Waals surface area contributed by atoms with Crippen LogP contribution in [0.2, 0.25) is 0 Å². The molecule has 0 N–H and O–H groups in total. The molecule has 0 heterocycles. The first-order valence-corrected chi connectivity index (χ1v) is 5.22. The van der Waals surface area contributed by atoms with E-state index in [1.165, 1.54) is 17.7 Å². The Morgan fingerprint density at radius 2 is 1.81 bits per heavy atom. The summed E-state index contributed by atoms with van der Waals surface area (Å²) in [5.74, 6) is 1.19. The van der Waals surface area contributed by atoms with Crippen molar-refractivity contribution in [1.29, 1.82) is 0 Å². The molecule has 1 nitrogen and oxygen atoms in total. The van der Waals surface area contributed by atoms with Crippen molar-refractivity contribution in [2.45, 2.75) is 13.3 Å². The second-order valence-corrected chi connectivity index (χ2v) is 3.68. The summed E-state index contributed by atoms with van der Waals surface area (Å²) in [6, 6.07) is 6.02. The van der Waals surface area contributed by atoms with Gasteiger partial charge in [0.2, 0.25) is 0 Å². The zero-order chi connectivity index (χ0) is 11.4. The normalized spacial score (nSPS) is 15.1. The molecular formula is C14H13FO. The van der Waals surface area contributed by atoms with E-state index >= 15 is 0 Å². The maximum absolute atomic E-state index is 12.7. The third kappa shape index (κ3) is 2.83. The lowest BCUT2D eigenvalue weighted by molar-refractivity contribution is 0.441. The molecule has 0 spiro atoms. The summed E-state index contributed by atoms with van der Waals surface area (Å²) in [4.78, 5) is 0. The molecule has 2 rings (SSSR count). The number of allylic oxidation sites excluding steroid dienone is 5. The molecule has 0 fully saturated rings. The summed E-state index contributed by atoms with van der Waals surface area (Å²) < 4.78 is 18.3. The molecule has 16 heavy (non-hydrogen) atoms. The summed E-state index contributed by atoms with van der Waals surface area (Å²) in [6.45, 7) is 2.05. The number of hydrogen-bond donors (Lipinski definition) is 0. The number of benzene rings is 1. The van der Waals surface area contributed by atoms with E-state index < -0.39 is 0 Å². The van der Waals surface area contributed by atoms with Crippen LogP contribution in [0.5, 0.6) is 5.75 Å². The van der Waals surface area contributed by atoms with Gasteiger partial charge in [0.25, 0.3) is 0 Å². The van der Waals surface area contributed by atoms with Crippen LogP contribution in [0.4, 0.5) is 4.39 Å². The van der Waals surface area contributed by atoms with Gasteiger partial charge >= 0.3 is 0 Å². The minimum Gasteiger partial charge on any atom is -0.458 e. The molecule has 0 unspecified atom stereocenters. The third-order valence-corrected chi connectivity index (χ3v) is 2.32. The van der Waals surface area contributed by atoms with Gasteiger partial charge in [0.1, 0.15) is 17.3 Å². The standard InChI is InChI=1S/C14H13FO/c1-11-3-2-4-13(8-5-11)16-14-9-6-12(15)7-10-14/h3-10H,2H2,1H3. The van der Waals surface area contributed by atoms with Crippen LogP contribution in [0.3, 0.4) is 0 Å². The van der Waals surface area contributed by atoms with Crippen molar-refractivity contribution < 1.29 is 9.13 Å². The van der Waals surface area contributed by atoms with Crippen molar-refractivity contribution >= 4 is 0 Å². The van der Waals surface area contributed by atoms with Crippen LogP contribution in [-0.4, -0.2) is 0 Å². The van der Waals surface area contributed by atoms with Crippen LogP contribution in [-0.2, 0) is 0 Å². The molecule has 1 aliphatic rings. The highest BCUT2D eigenvalue weighted by Crippen LogP contribution is 2.17. The average molecular weight is 216 g/mol. The number of rotatable bonds is 2. The Labute approximate surface area is 94.6 Å². The van der Waals surface area contributed by atoms with Crippen molar-refractivity contribution in [3.8, 4) is 5.75 Å². The Kier molecular flexibility index (Phi) is 3.20. The van der Waals surface area contributed by atoms with E-state index in [2.05, 4.69) is 6.08 Å². The van der Waals surface area contributed by atoms with Gasteiger partial charge in [-0.25, -0.2) is 4.39 Å². The Balaban J connectivity index is 2.08. The molecule has 0 atom stereocenters. The maximum atomic E-state index is 12.7. The minimum atomic E-state index is -0.254. The topological polar surface area (TPSA) is 9.23 Å². The zero-order valence-corrected chi connectivity index (χ0v) is 9.11. The fourth-order valence-corrected chi connectivity index (χ4v) is 1.43. The predicted molar refractivity (Wildman–Crippen MR) is 62.6 cm³/mol. The zero-order valence-electron chi connectivity index (χ0n) is 9.11. The summed E-state index contributed by atoms with van der Waals surface area (Å²) in [5, 5.41) is 0. The van der Waals surface area contributed by atoms with E-state index in [4.69, 9.17) is 4.74 Å². The van der Waals surface area contributed by atoms with E-state index in [0.29, 0.717) is 5.75 Å². The molecule has 0 aliphatic heterocycles. The van der Waals surface area contributed by atoms with Crippen LogP contribution in [0, 0.1) is 5.82 Å². The van der Waals surface area contributed by atoms with Gasteiger partial charge < -0.3 is 4.74 Å². The lowest BCUT2D eigenvalue weighted by Gasteiger charge is -2.05. The highest BCUT2D eigenvalue weighted by molar-refractivity contribution is 5.32. The second-order valence-electron chi connectivity index (χ2n) is 3.68. The first kappa shape index (κ1) is 10.7. The fraction of sp³-hybridized carbons (Fsp3) is 0.143. The molecular weight excluding hydrogens is 203 g/mol. The van der Waals surface area contributed by atoms with Crippen LogP contribution in [0.25, 0.3) is 0 Å². The van der Waals surface area contributed by atoms with E-state index in [9.17, 15) is 4.39 Å².